The van der Waals surface area contributed by atoms with Crippen LogP contribution in [0, 0.1) is 0 Å². The summed E-state index contributed by atoms with van der Waals surface area (Å²) in [5, 5.41) is 3.46. The van der Waals surface area contributed by atoms with Crippen LogP contribution in [0.2, 0.25) is 5.02 Å². The van der Waals surface area contributed by atoms with Crippen LogP contribution >= 0.6 is 11.6 Å². The van der Waals surface area contributed by atoms with Gasteiger partial charge in [0.25, 0.3) is 0 Å². The van der Waals surface area contributed by atoms with E-state index in [1.807, 2.05) is 21.9 Å². The smallest absolute Gasteiger partial charge is 0.320 e. The first-order chi connectivity index (χ1) is 12.6. The quantitative estimate of drug-likeness (QED) is 0.864. The summed E-state index contributed by atoms with van der Waals surface area (Å²) in [4.78, 5) is 30.5. The lowest BCUT2D eigenvalue weighted by Crippen LogP contribution is -2.54. The van der Waals surface area contributed by atoms with Crippen LogP contribution < -0.4 is 5.32 Å². The summed E-state index contributed by atoms with van der Waals surface area (Å²) in [6.07, 6.45) is 0.421. The lowest BCUT2D eigenvalue weighted by molar-refractivity contribution is -0.116. The van der Waals surface area contributed by atoms with E-state index in [1.54, 1.807) is 12.1 Å². The normalized spacial score (nSPS) is 18.7. The van der Waals surface area contributed by atoms with E-state index in [9.17, 15) is 9.59 Å². The monoisotopic (exact) mass is 380 g/mol. The molecule has 0 spiro atoms. The molecular weight excluding hydrogens is 356 g/mol. The molecule has 1 aromatic rings. The number of hydrogen-bond donors (Lipinski definition) is 1. The molecule has 2 aliphatic rings. The minimum absolute atomic E-state index is 0.0286. The van der Waals surface area contributed by atoms with Crippen LogP contribution in [0.5, 0.6) is 0 Å². The molecule has 0 radical (unpaired) electrons. The molecule has 0 unspecified atom stereocenters. The summed E-state index contributed by atoms with van der Waals surface area (Å²) in [6.45, 7) is 6.25. The average Bonchev–Trinajstić information content (AvgIpc) is 2.67. The fourth-order valence-corrected chi connectivity index (χ4v) is 3.36. The van der Waals surface area contributed by atoms with Crippen molar-refractivity contribution >= 4 is 29.2 Å². The van der Waals surface area contributed by atoms with Crippen LogP contribution in [0.3, 0.4) is 0 Å². The summed E-state index contributed by atoms with van der Waals surface area (Å²) in [5.41, 5.74) is 0.712. The van der Waals surface area contributed by atoms with Gasteiger partial charge >= 0.3 is 6.03 Å². The molecular formula is C18H25ClN4O3. The van der Waals surface area contributed by atoms with Crippen LogP contribution in [0.1, 0.15) is 6.42 Å². The topological polar surface area (TPSA) is 65.1 Å². The van der Waals surface area contributed by atoms with Crippen LogP contribution in [0.15, 0.2) is 24.3 Å². The third-order valence-corrected chi connectivity index (χ3v) is 4.92. The van der Waals surface area contributed by atoms with Gasteiger partial charge in [-0.15, -0.1) is 0 Å². The van der Waals surface area contributed by atoms with Crippen molar-refractivity contribution in [2.24, 2.45) is 0 Å². The summed E-state index contributed by atoms with van der Waals surface area (Å²) >= 11 is 5.92. The Kier molecular flexibility index (Phi) is 6.71. The number of ether oxygens (including phenoxy) is 1. The number of carbonyl (C=O) groups is 2. The van der Waals surface area contributed by atoms with Crippen molar-refractivity contribution in [1.82, 2.24) is 14.7 Å². The molecule has 2 aliphatic heterocycles. The molecule has 142 valence electrons. The molecule has 0 aromatic heterocycles. The van der Waals surface area contributed by atoms with Gasteiger partial charge in [0.15, 0.2) is 0 Å². The number of nitrogens with one attached hydrogen (secondary N) is 1. The Morgan fingerprint density at radius 3 is 2.42 bits per heavy atom. The van der Waals surface area contributed by atoms with E-state index in [4.69, 9.17) is 16.3 Å². The molecule has 2 fully saturated rings. The zero-order valence-corrected chi connectivity index (χ0v) is 15.6. The van der Waals surface area contributed by atoms with Crippen molar-refractivity contribution in [2.45, 2.75) is 6.42 Å². The number of rotatable bonds is 4. The van der Waals surface area contributed by atoms with Crippen LogP contribution in [-0.2, 0) is 9.53 Å². The summed E-state index contributed by atoms with van der Waals surface area (Å²) < 4.78 is 5.29. The van der Waals surface area contributed by atoms with Crippen LogP contribution in [0.25, 0.3) is 0 Å². The minimum atomic E-state index is -0.0286. The zero-order chi connectivity index (χ0) is 18.4. The predicted molar refractivity (Wildman–Crippen MR) is 100 cm³/mol. The number of urea groups is 1. The number of piperazine rings is 1. The molecule has 7 nitrogen and oxygen atoms in total. The van der Waals surface area contributed by atoms with Crippen molar-refractivity contribution in [1.29, 1.82) is 0 Å². The highest BCUT2D eigenvalue weighted by molar-refractivity contribution is 6.30. The number of hydrogen-bond acceptors (Lipinski definition) is 4. The van der Waals surface area contributed by atoms with Crippen LogP contribution in [0.4, 0.5) is 10.5 Å². The first-order valence-corrected chi connectivity index (χ1v) is 9.39. The molecule has 0 bridgehead atoms. The molecule has 2 heterocycles. The molecule has 3 rings (SSSR count). The van der Waals surface area contributed by atoms with Gasteiger partial charge < -0.3 is 19.9 Å². The van der Waals surface area contributed by atoms with Gasteiger partial charge in [-0.2, -0.15) is 0 Å². The van der Waals surface area contributed by atoms with Gasteiger partial charge in [-0.25, -0.2) is 4.79 Å². The second kappa shape index (κ2) is 9.21. The van der Waals surface area contributed by atoms with Gasteiger partial charge in [0, 0.05) is 62.9 Å². The fraction of sp³-hybridized carbons (Fsp3) is 0.556. The van der Waals surface area contributed by atoms with E-state index in [-0.39, 0.29) is 11.9 Å². The maximum atomic E-state index is 12.5. The number of anilines is 1. The second-order valence-electron chi connectivity index (χ2n) is 6.52. The summed E-state index contributed by atoms with van der Waals surface area (Å²) in [6, 6.07) is 7.24. The Morgan fingerprint density at radius 1 is 1.04 bits per heavy atom. The minimum Gasteiger partial charge on any atom is -0.378 e. The van der Waals surface area contributed by atoms with Crippen molar-refractivity contribution in [2.75, 3.05) is 64.3 Å². The lowest BCUT2D eigenvalue weighted by atomic mass is 10.2. The van der Waals surface area contributed by atoms with E-state index in [1.165, 1.54) is 0 Å². The Morgan fingerprint density at radius 2 is 1.73 bits per heavy atom. The van der Waals surface area contributed by atoms with Gasteiger partial charge in [-0.1, -0.05) is 17.7 Å². The number of halogens is 1. The van der Waals surface area contributed by atoms with Gasteiger partial charge in [0.05, 0.1) is 13.2 Å². The molecule has 0 atom stereocenters. The summed E-state index contributed by atoms with van der Waals surface area (Å²) in [7, 11) is 0. The number of morpholine rings is 1. The maximum Gasteiger partial charge on any atom is 0.320 e. The number of amides is 3. The Bertz CT molecular complexity index is 629. The van der Waals surface area contributed by atoms with Crippen molar-refractivity contribution in [3.63, 3.8) is 0 Å². The Labute approximate surface area is 158 Å². The number of benzene rings is 1. The average molecular weight is 381 g/mol. The predicted octanol–water partition coefficient (Wildman–Crippen LogP) is 1.74. The molecule has 2 saturated heterocycles. The molecule has 3 amide bonds. The Balaban J connectivity index is 1.37. The molecule has 0 aliphatic carbocycles. The molecule has 8 heteroatoms. The zero-order valence-electron chi connectivity index (χ0n) is 14.8. The first kappa shape index (κ1) is 18.9. The van der Waals surface area contributed by atoms with Crippen LogP contribution in [-0.4, -0.2) is 85.7 Å². The number of carbonyl (C=O) groups excluding carboxylic acids is 2. The van der Waals surface area contributed by atoms with Gasteiger partial charge in [0.1, 0.15) is 0 Å². The van der Waals surface area contributed by atoms with E-state index in [2.05, 4.69) is 10.2 Å². The highest BCUT2D eigenvalue weighted by Gasteiger charge is 2.26. The number of nitrogens with zero attached hydrogens (tertiary/aromatic N) is 3. The second-order valence-corrected chi connectivity index (χ2v) is 6.96. The van der Waals surface area contributed by atoms with Gasteiger partial charge in [-0.05, 0) is 18.2 Å². The van der Waals surface area contributed by atoms with Gasteiger partial charge in [-0.3, -0.25) is 9.69 Å². The van der Waals surface area contributed by atoms with E-state index in [0.29, 0.717) is 63.1 Å². The highest BCUT2D eigenvalue weighted by atomic mass is 35.5. The highest BCUT2D eigenvalue weighted by Crippen LogP contribution is 2.15. The SMILES string of the molecule is O=C(CCN1CCN(C(=O)N2CCOCC2)CC1)Nc1cccc(Cl)c1. The fourth-order valence-electron chi connectivity index (χ4n) is 3.17. The van der Waals surface area contributed by atoms with Gasteiger partial charge in [0.2, 0.25) is 5.91 Å². The first-order valence-electron chi connectivity index (χ1n) is 9.01. The third-order valence-electron chi connectivity index (χ3n) is 4.69. The lowest BCUT2D eigenvalue weighted by Gasteiger charge is -2.38. The largest absolute Gasteiger partial charge is 0.378 e. The molecule has 1 aromatic carbocycles. The molecule has 1 N–H and O–H groups in total. The summed E-state index contributed by atoms with van der Waals surface area (Å²) in [5.74, 6) is -0.0286. The van der Waals surface area contributed by atoms with Crippen molar-refractivity contribution < 1.29 is 14.3 Å². The maximum absolute atomic E-state index is 12.5. The van der Waals surface area contributed by atoms with E-state index in [0.717, 1.165) is 13.1 Å². The molecule has 0 saturated carbocycles. The Hall–Kier alpha value is -1.83. The molecule has 26 heavy (non-hydrogen) atoms. The van der Waals surface area contributed by atoms with Crippen molar-refractivity contribution in [3.8, 4) is 0 Å². The standard InChI is InChI=1S/C18H25ClN4O3/c19-15-2-1-3-16(14-15)20-17(24)4-5-21-6-8-22(9-7-21)18(25)23-10-12-26-13-11-23/h1-3,14H,4-13H2,(H,20,24). The van der Waals surface area contributed by atoms with Crippen molar-refractivity contribution in [3.05, 3.63) is 29.3 Å². The van der Waals surface area contributed by atoms with E-state index >= 15 is 0 Å². The third kappa shape index (κ3) is 5.33. The van der Waals surface area contributed by atoms with E-state index < -0.39 is 0 Å².